The van der Waals surface area contributed by atoms with Gasteiger partial charge in [-0.1, -0.05) is 6.07 Å². The molecule has 2 heterocycles. The Balaban J connectivity index is 2.15. The predicted octanol–water partition coefficient (Wildman–Crippen LogP) is -0.305. The van der Waals surface area contributed by atoms with Crippen LogP contribution in [0.3, 0.4) is 0 Å². The lowest BCUT2D eigenvalue weighted by molar-refractivity contribution is -0.123. The van der Waals surface area contributed by atoms with Crippen molar-refractivity contribution in [3.05, 3.63) is 23.9 Å². The molecule has 0 spiro atoms. The lowest BCUT2D eigenvalue weighted by Gasteiger charge is -2.26. The first-order valence-electron chi connectivity index (χ1n) is 5.41. The smallest absolute Gasteiger partial charge is 0.273 e. The zero-order valence-electron chi connectivity index (χ0n) is 9.56. The lowest BCUT2D eigenvalue weighted by Crippen LogP contribution is -2.50. The maximum atomic E-state index is 12.1. The summed E-state index contributed by atoms with van der Waals surface area (Å²) >= 11 is 0. The molecule has 6 heteroatoms. The number of nitrogens with zero attached hydrogens (tertiary/aromatic N) is 2. The van der Waals surface area contributed by atoms with Crippen LogP contribution in [0.4, 0.5) is 5.82 Å². The topological polar surface area (TPSA) is 74.3 Å². The molecule has 17 heavy (non-hydrogen) atoms. The number of nitrogens with one attached hydrogen (secondary N) is 2. The van der Waals surface area contributed by atoms with Crippen molar-refractivity contribution in [2.45, 2.75) is 0 Å². The summed E-state index contributed by atoms with van der Waals surface area (Å²) in [4.78, 5) is 28.9. The van der Waals surface area contributed by atoms with Gasteiger partial charge in [-0.25, -0.2) is 4.98 Å². The van der Waals surface area contributed by atoms with Crippen molar-refractivity contribution in [3.63, 3.8) is 0 Å². The molecule has 1 aliphatic heterocycles. The van der Waals surface area contributed by atoms with Crippen LogP contribution in [0, 0.1) is 0 Å². The third-order valence-corrected chi connectivity index (χ3v) is 2.55. The maximum Gasteiger partial charge on any atom is 0.273 e. The molecule has 0 aromatic carbocycles. The monoisotopic (exact) mass is 234 g/mol. The Morgan fingerprint density at radius 3 is 3.06 bits per heavy atom. The molecule has 0 bridgehead atoms. The molecule has 0 atom stereocenters. The Morgan fingerprint density at radius 1 is 1.53 bits per heavy atom. The molecule has 1 aromatic rings. The predicted molar refractivity (Wildman–Crippen MR) is 62.7 cm³/mol. The second-order valence-electron chi connectivity index (χ2n) is 3.73. The van der Waals surface area contributed by atoms with Crippen molar-refractivity contribution >= 4 is 17.6 Å². The van der Waals surface area contributed by atoms with E-state index in [0.29, 0.717) is 24.6 Å². The number of hydrogen-bond donors (Lipinski definition) is 2. The van der Waals surface area contributed by atoms with Crippen molar-refractivity contribution < 1.29 is 9.59 Å². The summed E-state index contributed by atoms with van der Waals surface area (Å²) in [5.41, 5.74) is 0.353. The quantitative estimate of drug-likeness (QED) is 0.736. The van der Waals surface area contributed by atoms with Crippen LogP contribution in [-0.2, 0) is 4.79 Å². The van der Waals surface area contributed by atoms with Gasteiger partial charge in [-0.2, -0.15) is 0 Å². The Hall–Kier alpha value is -2.11. The number of amides is 2. The third-order valence-electron chi connectivity index (χ3n) is 2.55. The summed E-state index contributed by atoms with van der Waals surface area (Å²) < 4.78 is 0. The second-order valence-corrected chi connectivity index (χ2v) is 3.73. The number of hydrogen-bond acceptors (Lipinski definition) is 4. The van der Waals surface area contributed by atoms with Crippen molar-refractivity contribution in [2.24, 2.45) is 0 Å². The van der Waals surface area contributed by atoms with Crippen LogP contribution in [0.5, 0.6) is 0 Å². The molecular weight excluding hydrogens is 220 g/mol. The molecular formula is C11H14N4O2. The minimum Gasteiger partial charge on any atom is -0.373 e. The average Bonchev–Trinajstić information content (AvgIpc) is 2.38. The zero-order chi connectivity index (χ0) is 12.3. The van der Waals surface area contributed by atoms with Crippen molar-refractivity contribution in [1.29, 1.82) is 0 Å². The SMILES string of the molecule is CNc1cccc(C(=O)N2CCNC(=O)C2)n1. The van der Waals surface area contributed by atoms with Gasteiger partial charge in [0.1, 0.15) is 11.5 Å². The molecule has 1 fully saturated rings. The summed E-state index contributed by atoms with van der Waals surface area (Å²) in [6, 6.07) is 5.19. The van der Waals surface area contributed by atoms with Crippen LogP contribution >= 0.6 is 0 Å². The van der Waals surface area contributed by atoms with Crippen LogP contribution in [0.1, 0.15) is 10.5 Å². The molecule has 0 saturated carbocycles. The molecule has 2 rings (SSSR count). The van der Waals surface area contributed by atoms with E-state index in [9.17, 15) is 9.59 Å². The molecule has 2 N–H and O–H groups in total. The van der Waals surface area contributed by atoms with Gasteiger partial charge in [0.15, 0.2) is 0 Å². The number of carbonyl (C=O) groups is 2. The van der Waals surface area contributed by atoms with E-state index in [1.54, 1.807) is 25.2 Å². The van der Waals surface area contributed by atoms with Gasteiger partial charge in [-0.3, -0.25) is 9.59 Å². The van der Waals surface area contributed by atoms with Crippen molar-refractivity contribution in [3.8, 4) is 0 Å². The molecule has 1 aliphatic rings. The Morgan fingerprint density at radius 2 is 2.35 bits per heavy atom. The fourth-order valence-corrected chi connectivity index (χ4v) is 1.67. The van der Waals surface area contributed by atoms with Gasteiger partial charge in [0.05, 0.1) is 6.54 Å². The van der Waals surface area contributed by atoms with Crippen molar-refractivity contribution in [2.75, 3.05) is 32.0 Å². The summed E-state index contributed by atoms with van der Waals surface area (Å²) in [6.07, 6.45) is 0. The zero-order valence-corrected chi connectivity index (χ0v) is 9.56. The van der Waals surface area contributed by atoms with Gasteiger partial charge in [-0.05, 0) is 12.1 Å². The van der Waals surface area contributed by atoms with E-state index >= 15 is 0 Å². The summed E-state index contributed by atoms with van der Waals surface area (Å²) in [5.74, 6) is 0.295. The van der Waals surface area contributed by atoms with Gasteiger partial charge >= 0.3 is 0 Å². The minimum atomic E-state index is -0.211. The molecule has 0 unspecified atom stereocenters. The number of anilines is 1. The van der Waals surface area contributed by atoms with E-state index in [1.165, 1.54) is 4.90 Å². The fraction of sp³-hybridized carbons (Fsp3) is 0.364. The van der Waals surface area contributed by atoms with Crippen LogP contribution in [-0.4, -0.2) is 48.4 Å². The largest absolute Gasteiger partial charge is 0.373 e. The third kappa shape index (κ3) is 2.52. The van der Waals surface area contributed by atoms with E-state index in [4.69, 9.17) is 0 Å². The van der Waals surface area contributed by atoms with E-state index in [-0.39, 0.29) is 18.4 Å². The molecule has 0 aliphatic carbocycles. The number of carbonyl (C=O) groups excluding carboxylic acids is 2. The highest BCUT2D eigenvalue weighted by Gasteiger charge is 2.23. The van der Waals surface area contributed by atoms with Gasteiger partial charge in [0.2, 0.25) is 5.91 Å². The first kappa shape index (κ1) is 11.4. The number of aromatic nitrogens is 1. The van der Waals surface area contributed by atoms with Gasteiger partial charge < -0.3 is 15.5 Å². The summed E-state index contributed by atoms with van der Waals surface area (Å²) in [5, 5.41) is 5.55. The molecule has 6 nitrogen and oxygen atoms in total. The lowest BCUT2D eigenvalue weighted by atomic mass is 10.2. The van der Waals surface area contributed by atoms with Crippen LogP contribution < -0.4 is 10.6 Å². The maximum absolute atomic E-state index is 12.1. The molecule has 2 amide bonds. The Labute approximate surface area is 99.0 Å². The highest BCUT2D eigenvalue weighted by molar-refractivity contribution is 5.95. The van der Waals surface area contributed by atoms with Crippen molar-refractivity contribution in [1.82, 2.24) is 15.2 Å². The van der Waals surface area contributed by atoms with E-state index in [0.717, 1.165) is 0 Å². The molecule has 1 aromatic heterocycles. The molecule has 1 saturated heterocycles. The van der Waals surface area contributed by atoms with Crippen LogP contribution in [0.25, 0.3) is 0 Å². The molecule has 90 valence electrons. The Bertz CT molecular complexity index is 447. The van der Waals surface area contributed by atoms with Gasteiger partial charge in [0.25, 0.3) is 5.91 Å². The normalized spacial score (nSPS) is 15.4. The number of rotatable bonds is 2. The first-order chi connectivity index (χ1) is 8.20. The average molecular weight is 234 g/mol. The van der Waals surface area contributed by atoms with Gasteiger partial charge in [0, 0.05) is 20.1 Å². The number of pyridine rings is 1. The van der Waals surface area contributed by atoms with E-state index in [1.807, 2.05) is 0 Å². The second kappa shape index (κ2) is 4.82. The van der Waals surface area contributed by atoms with Crippen LogP contribution in [0.2, 0.25) is 0 Å². The van der Waals surface area contributed by atoms with Crippen LogP contribution in [0.15, 0.2) is 18.2 Å². The first-order valence-corrected chi connectivity index (χ1v) is 5.41. The van der Waals surface area contributed by atoms with E-state index < -0.39 is 0 Å². The summed E-state index contributed by atoms with van der Waals surface area (Å²) in [6.45, 7) is 1.12. The fourth-order valence-electron chi connectivity index (χ4n) is 1.67. The minimum absolute atomic E-state index is 0.101. The standard InChI is InChI=1S/C11H14N4O2/c1-12-9-4-2-3-8(14-9)11(17)15-6-5-13-10(16)7-15/h2-4H,5-7H2,1H3,(H,12,14)(H,13,16). The Kier molecular flexibility index (Phi) is 3.22. The van der Waals surface area contributed by atoms with Gasteiger partial charge in [-0.15, -0.1) is 0 Å². The van der Waals surface area contributed by atoms with E-state index in [2.05, 4.69) is 15.6 Å². The number of piperazine rings is 1. The molecule has 0 radical (unpaired) electrons. The summed E-state index contributed by atoms with van der Waals surface area (Å²) in [7, 11) is 1.74. The highest BCUT2D eigenvalue weighted by Crippen LogP contribution is 2.07. The highest BCUT2D eigenvalue weighted by atomic mass is 16.2.